The number of nitrogens with two attached hydrogens (primary N) is 1. The molecular formula is C14H20ClFN2. The predicted octanol–water partition coefficient (Wildman–Crippen LogP) is 3.18. The van der Waals surface area contributed by atoms with Crippen molar-refractivity contribution < 1.29 is 4.39 Å². The van der Waals surface area contributed by atoms with Crippen molar-refractivity contribution in [1.82, 2.24) is 4.90 Å². The summed E-state index contributed by atoms with van der Waals surface area (Å²) in [6.07, 6.45) is 4.77. The normalized spacial score (nSPS) is 21.2. The first-order chi connectivity index (χ1) is 8.70. The van der Waals surface area contributed by atoms with Gasteiger partial charge in [-0.1, -0.05) is 24.1 Å². The third kappa shape index (κ3) is 3.44. The Kier molecular flexibility index (Phi) is 4.98. The van der Waals surface area contributed by atoms with Gasteiger partial charge in [-0.2, -0.15) is 0 Å². The van der Waals surface area contributed by atoms with Gasteiger partial charge in [0.25, 0.3) is 0 Å². The van der Waals surface area contributed by atoms with Gasteiger partial charge in [-0.15, -0.1) is 0 Å². The molecule has 1 aromatic rings. The second kappa shape index (κ2) is 6.50. The van der Waals surface area contributed by atoms with Crippen LogP contribution in [0.5, 0.6) is 0 Å². The highest BCUT2D eigenvalue weighted by molar-refractivity contribution is 6.30. The van der Waals surface area contributed by atoms with Crippen LogP contribution in [0.25, 0.3) is 0 Å². The van der Waals surface area contributed by atoms with Crippen molar-refractivity contribution in [2.75, 3.05) is 13.1 Å². The lowest BCUT2D eigenvalue weighted by atomic mass is 9.98. The Balaban J connectivity index is 2.03. The van der Waals surface area contributed by atoms with Crippen molar-refractivity contribution in [2.24, 2.45) is 5.73 Å². The van der Waals surface area contributed by atoms with E-state index in [4.69, 9.17) is 17.3 Å². The summed E-state index contributed by atoms with van der Waals surface area (Å²) < 4.78 is 13.1. The molecular weight excluding hydrogens is 251 g/mol. The molecule has 2 nitrogen and oxygen atoms in total. The quantitative estimate of drug-likeness (QED) is 0.911. The maximum absolute atomic E-state index is 13.1. The molecule has 18 heavy (non-hydrogen) atoms. The van der Waals surface area contributed by atoms with E-state index in [1.54, 1.807) is 6.07 Å². The van der Waals surface area contributed by atoms with Gasteiger partial charge in [-0.3, -0.25) is 4.90 Å². The van der Waals surface area contributed by atoms with Crippen LogP contribution in [0.1, 0.15) is 31.2 Å². The van der Waals surface area contributed by atoms with Gasteiger partial charge in [0, 0.05) is 12.6 Å². The van der Waals surface area contributed by atoms with Crippen LogP contribution in [-0.2, 0) is 6.54 Å². The van der Waals surface area contributed by atoms with Crippen molar-refractivity contribution in [1.29, 1.82) is 0 Å². The van der Waals surface area contributed by atoms with E-state index in [0.717, 1.165) is 31.6 Å². The third-order valence-corrected chi connectivity index (χ3v) is 3.91. The van der Waals surface area contributed by atoms with Gasteiger partial charge < -0.3 is 5.73 Å². The zero-order chi connectivity index (χ0) is 13.0. The van der Waals surface area contributed by atoms with E-state index in [2.05, 4.69) is 4.90 Å². The Labute approximate surface area is 113 Å². The van der Waals surface area contributed by atoms with E-state index in [9.17, 15) is 4.39 Å². The standard InChI is InChI=1S/C14H20ClFN2/c15-13-9-11(4-5-14(13)16)10-18-8-2-1-3-12(18)6-7-17/h4-5,9,12H,1-3,6-8,10,17H2. The lowest BCUT2D eigenvalue weighted by Gasteiger charge is -2.35. The molecule has 0 saturated carbocycles. The van der Waals surface area contributed by atoms with Gasteiger partial charge in [0.15, 0.2) is 0 Å². The fraction of sp³-hybridized carbons (Fsp3) is 0.571. The molecule has 0 radical (unpaired) electrons. The first-order valence-electron chi connectivity index (χ1n) is 6.58. The smallest absolute Gasteiger partial charge is 0.141 e. The molecule has 4 heteroatoms. The molecule has 2 N–H and O–H groups in total. The van der Waals surface area contributed by atoms with E-state index in [1.165, 1.54) is 25.3 Å². The Morgan fingerprint density at radius 2 is 2.22 bits per heavy atom. The molecule has 1 aromatic carbocycles. The number of benzene rings is 1. The number of rotatable bonds is 4. The SMILES string of the molecule is NCCC1CCCCN1Cc1ccc(F)c(Cl)c1. The first-order valence-corrected chi connectivity index (χ1v) is 6.96. The number of piperidine rings is 1. The Morgan fingerprint density at radius 1 is 1.39 bits per heavy atom. The number of hydrogen-bond acceptors (Lipinski definition) is 2. The maximum Gasteiger partial charge on any atom is 0.141 e. The van der Waals surface area contributed by atoms with Gasteiger partial charge in [-0.05, 0) is 50.0 Å². The third-order valence-electron chi connectivity index (χ3n) is 3.62. The number of likely N-dealkylation sites (tertiary alicyclic amines) is 1. The van der Waals surface area contributed by atoms with E-state index in [1.807, 2.05) is 6.07 Å². The van der Waals surface area contributed by atoms with Crippen molar-refractivity contribution in [2.45, 2.75) is 38.3 Å². The lowest BCUT2D eigenvalue weighted by molar-refractivity contribution is 0.134. The summed E-state index contributed by atoms with van der Waals surface area (Å²) in [7, 11) is 0. The van der Waals surface area contributed by atoms with Crippen LogP contribution in [0.3, 0.4) is 0 Å². The van der Waals surface area contributed by atoms with Crippen LogP contribution in [-0.4, -0.2) is 24.0 Å². The second-order valence-corrected chi connectivity index (χ2v) is 5.35. The van der Waals surface area contributed by atoms with Crippen molar-refractivity contribution in [3.8, 4) is 0 Å². The molecule has 100 valence electrons. The average Bonchev–Trinajstić information content (AvgIpc) is 2.37. The topological polar surface area (TPSA) is 29.3 Å². The molecule has 1 aliphatic rings. The second-order valence-electron chi connectivity index (χ2n) is 4.95. The zero-order valence-electron chi connectivity index (χ0n) is 10.5. The van der Waals surface area contributed by atoms with E-state index in [0.29, 0.717) is 6.04 Å². The van der Waals surface area contributed by atoms with Crippen LogP contribution < -0.4 is 5.73 Å². The van der Waals surface area contributed by atoms with Gasteiger partial charge in [-0.25, -0.2) is 4.39 Å². The molecule has 2 rings (SSSR count). The van der Waals surface area contributed by atoms with Crippen LogP contribution in [0, 0.1) is 5.82 Å². The fourth-order valence-electron chi connectivity index (χ4n) is 2.66. The highest BCUT2D eigenvalue weighted by Crippen LogP contribution is 2.23. The van der Waals surface area contributed by atoms with Gasteiger partial charge in [0.1, 0.15) is 5.82 Å². The minimum atomic E-state index is -0.349. The summed E-state index contributed by atoms with van der Waals surface area (Å²) in [6.45, 7) is 2.66. The first kappa shape index (κ1) is 13.8. The van der Waals surface area contributed by atoms with Crippen molar-refractivity contribution >= 4 is 11.6 Å². The summed E-state index contributed by atoms with van der Waals surface area (Å²) in [4.78, 5) is 2.44. The molecule has 1 fully saturated rings. The van der Waals surface area contributed by atoms with Gasteiger partial charge >= 0.3 is 0 Å². The van der Waals surface area contributed by atoms with Crippen molar-refractivity contribution in [3.63, 3.8) is 0 Å². The van der Waals surface area contributed by atoms with Crippen LogP contribution in [0.15, 0.2) is 18.2 Å². The van der Waals surface area contributed by atoms with Crippen LogP contribution in [0.2, 0.25) is 5.02 Å². The highest BCUT2D eigenvalue weighted by Gasteiger charge is 2.21. The molecule has 0 bridgehead atoms. The molecule has 1 heterocycles. The summed E-state index contributed by atoms with van der Waals surface area (Å²) in [6, 6.07) is 5.55. The average molecular weight is 271 g/mol. The number of nitrogens with zero attached hydrogens (tertiary/aromatic N) is 1. The molecule has 0 spiro atoms. The molecule has 1 saturated heterocycles. The zero-order valence-corrected chi connectivity index (χ0v) is 11.3. The van der Waals surface area contributed by atoms with Gasteiger partial charge in [0.05, 0.1) is 5.02 Å². The number of hydrogen-bond donors (Lipinski definition) is 1. The van der Waals surface area contributed by atoms with E-state index in [-0.39, 0.29) is 10.8 Å². The fourth-order valence-corrected chi connectivity index (χ4v) is 2.86. The highest BCUT2D eigenvalue weighted by atomic mass is 35.5. The van der Waals surface area contributed by atoms with Crippen LogP contribution >= 0.6 is 11.6 Å². The Bertz CT molecular complexity index is 395. The summed E-state index contributed by atoms with van der Waals surface area (Å²) in [5, 5.41) is 0.208. The molecule has 1 unspecified atom stereocenters. The predicted molar refractivity (Wildman–Crippen MR) is 73.1 cm³/mol. The molecule has 1 aliphatic heterocycles. The van der Waals surface area contributed by atoms with E-state index >= 15 is 0 Å². The number of halogens is 2. The summed E-state index contributed by atoms with van der Waals surface area (Å²) in [5.74, 6) is -0.349. The minimum Gasteiger partial charge on any atom is -0.330 e. The summed E-state index contributed by atoms with van der Waals surface area (Å²) in [5.41, 5.74) is 6.74. The largest absolute Gasteiger partial charge is 0.330 e. The minimum absolute atomic E-state index is 0.208. The van der Waals surface area contributed by atoms with E-state index < -0.39 is 0 Å². The van der Waals surface area contributed by atoms with Crippen LogP contribution in [0.4, 0.5) is 4.39 Å². The van der Waals surface area contributed by atoms with Crippen molar-refractivity contribution in [3.05, 3.63) is 34.6 Å². The lowest BCUT2D eigenvalue weighted by Crippen LogP contribution is -2.40. The monoisotopic (exact) mass is 270 g/mol. The van der Waals surface area contributed by atoms with Gasteiger partial charge in [0.2, 0.25) is 0 Å². The Morgan fingerprint density at radius 3 is 2.94 bits per heavy atom. The Hall–Kier alpha value is -0.640. The maximum atomic E-state index is 13.1. The molecule has 1 atom stereocenters. The summed E-state index contributed by atoms with van der Waals surface area (Å²) >= 11 is 5.82. The molecule has 0 aromatic heterocycles. The molecule has 0 aliphatic carbocycles. The molecule has 0 amide bonds.